The Kier molecular flexibility index (Phi) is 5.58. The summed E-state index contributed by atoms with van der Waals surface area (Å²) in [6, 6.07) is 15.5. The van der Waals surface area contributed by atoms with E-state index in [9.17, 15) is 0 Å². The zero-order valence-electron chi connectivity index (χ0n) is 15.0. The number of methoxy groups -OCH3 is 1. The van der Waals surface area contributed by atoms with Crippen molar-refractivity contribution in [3.63, 3.8) is 0 Å². The van der Waals surface area contributed by atoms with Crippen LogP contribution in [0.5, 0.6) is 5.75 Å². The smallest absolute Gasteiger partial charge is 0.229 e. The normalized spacial score (nSPS) is 10.5. The van der Waals surface area contributed by atoms with E-state index in [0.717, 1.165) is 23.6 Å². The fourth-order valence-corrected chi connectivity index (χ4v) is 2.85. The van der Waals surface area contributed by atoms with Gasteiger partial charge in [0, 0.05) is 22.5 Å². The quantitative estimate of drug-likeness (QED) is 0.601. The minimum absolute atomic E-state index is 0.474. The van der Waals surface area contributed by atoms with Crippen molar-refractivity contribution >= 4 is 34.7 Å². The van der Waals surface area contributed by atoms with Crippen LogP contribution in [0.3, 0.4) is 0 Å². The Morgan fingerprint density at radius 1 is 1.00 bits per heavy atom. The SMILES string of the molecule is CCc1ccccc1Nc1cc(C)nc(Nc2cc(Cl)ccc2OC)n1. The average Bonchev–Trinajstić information content (AvgIpc) is 2.62. The first-order valence-electron chi connectivity index (χ1n) is 8.40. The molecule has 2 aromatic carbocycles. The molecule has 0 spiro atoms. The Balaban J connectivity index is 1.90. The molecule has 1 aromatic heterocycles. The summed E-state index contributed by atoms with van der Waals surface area (Å²) in [6.45, 7) is 4.06. The summed E-state index contributed by atoms with van der Waals surface area (Å²) in [5, 5.41) is 7.18. The van der Waals surface area contributed by atoms with Crippen molar-refractivity contribution < 1.29 is 4.74 Å². The van der Waals surface area contributed by atoms with E-state index in [2.05, 4.69) is 33.6 Å². The molecular formula is C20H21ClN4O. The summed E-state index contributed by atoms with van der Waals surface area (Å²) in [7, 11) is 1.61. The van der Waals surface area contributed by atoms with Crippen LogP contribution in [0.4, 0.5) is 23.1 Å². The second-order valence-corrected chi connectivity index (χ2v) is 6.26. The summed E-state index contributed by atoms with van der Waals surface area (Å²) >= 11 is 6.09. The fraction of sp³-hybridized carbons (Fsp3) is 0.200. The first-order valence-corrected chi connectivity index (χ1v) is 8.78. The monoisotopic (exact) mass is 368 g/mol. The topological polar surface area (TPSA) is 59.1 Å². The third kappa shape index (κ3) is 4.24. The van der Waals surface area contributed by atoms with Crippen LogP contribution in [-0.2, 0) is 6.42 Å². The van der Waals surface area contributed by atoms with Crippen LogP contribution in [0.25, 0.3) is 0 Å². The predicted molar refractivity (Wildman–Crippen MR) is 107 cm³/mol. The van der Waals surface area contributed by atoms with Crippen molar-refractivity contribution in [3.8, 4) is 5.75 Å². The van der Waals surface area contributed by atoms with Crippen LogP contribution in [-0.4, -0.2) is 17.1 Å². The molecule has 0 saturated heterocycles. The number of rotatable bonds is 6. The highest BCUT2D eigenvalue weighted by Crippen LogP contribution is 2.30. The van der Waals surface area contributed by atoms with Gasteiger partial charge in [-0.25, -0.2) is 4.98 Å². The second-order valence-electron chi connectivity index (χ2n) is 5.82. The lowest BCUT2D eigenvalue weighted by Crippen LogP contribution is -2.04. The summed E-state index contributed by atoms with van der Waals surface area (Å²) in [6.07, 6.45) is 0.943. The van der Waals surface area contributed by atoms with Gasteiger partial charge in [-0.05, 0) is 43.2 Å². The Labute approximate surface area is 158 Å². The highest BCUT2D eigenvalue weighted by molar-refractivity contribution is 6.31. The molecule has 0 aliphatic rings. The minimum atomic E-state index is 0.474. The Morgan fingerprint density at radius 2 is 1.81 bits per heavy atom. The summed E-state index contributed by atoms with van der Waals surface area (Å²) in [5.41, 5.74) is 3.83. The van der Waals surface area contributed by atoms with Gasteiger partial charge in [-0.15, -0.1) is 0 Å². The van der Waals surface area contributed by atoms with Crippen LogP contribution >= 0.6 is 11.6 Å². The molecule has 134 valence electrons. The molecule has 2 N–H and O–H groups in total. The number of para-hydroxylation sites is 1. The number of hydrogen-bond donors (Lipinski definition) is 2. The van der Waals surface area contributed by atoms with E-state index in [1.165, 1.54) is 5.56 Å². The van der Waals surface area contributed by atoms with E-state index in [1.807, 2.05) is 31.2 Å². The molecule has 5 nitrogen and oxygen atoms in total. The lowest BCUT2D eigenvalue weighted by atomic mass is 10.1. The zero-order valence-corrected chi connectivity index (χ0v) is 15.8. The number of anilines is 4. The number of nitrogens with one attached hydrogen (secondary N) is 2. The fourth-order valence-electron chi connectivity index (χ4n) is 2.68. The maximum absolute atomic E-state index is 6.09. The second kappa shape index (κ2) is 8.06. The van der Waals surface area contributed by atoms with Gasteiger partial charge < -0.3 is 15.4 Å². The molecule has 3 aromatic rings. The van der Waals surface area contributed by atoms with Crippen molar-refractivity contribution in [1.29, 1.82) is 0 Å². The first kappa shape index (κ1) is 18.0. The largest absolute Gasteiger partial charge is 0.495 e. The van der Waals surface area contributed by atoms with E-state index in [-0.39, 0.29) is 0 Å². The van der Waals surface area contributed by atoms with Gasteiger partial charge in [0.1, 0.15) is 11.6 Å². The van der Waals surface area contributed by atoms with E-state index >= 15 is 0 Å². The standard InChI is InChI=1S/C20H21ClN4O/c1-4-14-7-5-6-8-16(14)23-19-11-13(2)22-20(25-19)24-17-12-15(21)9-10-18(17)26-3/h5-12H,4H2,1-3H3,(H2,22,23,24,25). The molecule has 0 bridgehead atoms. The Hall–Kier alpha value is -2.79. The number of benzene rings is 2. The van der Waals surface area contributed by atoms with Crippen molar-refractivity contribution in [2.75, 3.05) is 17.7 Å². The van der Waals surface area contributed by atoms with Gasteiger partial charge >= 0.3 is 0 Å². The van der Waals surface area contributed by atoms with Crippen LogP contribution in [0, 0.1) is 6.92 Å². The molecule has 0 fully saturated rings. The van der Waals surface area contributed by atoms with E-state index < -0.39 is 0 Å². The number of halogens is 1. The lowest BCUT2D eigenvalue weighted by molar-refractivity contribution is 0.417. The van der Waals surface area contributed by atoms with Gasteiger partial charge in [-0.3, -0.25) is 0 Å². The summed E-state index contributed by atoms with van der Waals surface area (Å²) < 4.78 is 5.37. The maximum Gasteiger partial charge on any atom is 0.229 e. The van der Waals surface area contributed by atoms with Gasteiger partial charge in [0.25, 0.3) is 0 Å². The van der Waals surface area contributed by atoms with Crippen LogP contribution in [0.1, 0.15) is 18.2 Å². The molecule has 3 rings (SSSR count). The lowest BCUT2D eigenvalue weighted by Gasteiger charge is -2.14. The van der Waals surface area contributed by atoms with Gasteiger partial charge in [-0.1, -0.05) is 36.7 Å². The highest BCUT2D eigenvalue weighted by atomic mass is 35.5. The molecule has 26 heavy (non-hydrogen) atoms. The van der Waals surface area contributed by atoms with E-state index in [4.69, 9.17) is 16.3 Å². The molecular weight excluding hydrogens is 348 g/mol. The zero-order chi connectivity index (χ0) is 18.5. The average molecular weight is 369 g/mol. The minimum Gasteiger partial charge on any atom is -0.495 e. The van der Waals surface area contributed by atoms with E-state index in [0.29, 0.717) is 22.4 Å². The number of hydrogen-bond acceptors (Lipinski definition) is 5. The number of nitrogens with zero attached hydrogens (tertiary/aromatic N) is 2. The van der Waals surface area contributed by atoms with Gasteiger partial charge in [0.2, 0.25) is 5.95 Å². The van der Waals surface area contributed by atoms with Crippen molar-refractivity contribution in [2.45, 2.75) is 20.3 Å². The third-order valence-corrected chi connectivity index (χ3v) is 4.16. The molecule has 6 heteroatoms. The molecule has 0 unspecified atom stereocenters. The Bertz CT molecular complexity index is 914. The molecule has 0 amide bonds. The summed E-state index contributed by atoms with van der Waals surface area (Å²) in [4.78, 5) is 9.03. The molecule has 0 radical (unpaired) electrons. The summed E-state index contributed by atoms with van der Waals surface area (Å²) in [5.74, 6) is 1.87. The van der Waals surface area contributed by atoms with Gasteiger partial charge in [0.15, 0.2) is 0 Å². The maximum atomic E-state index is 6.09. The Morgan fingerprint density at radius 3 is 2.58 bits per heavy atom. The molecule has 1 heterocycles. The molecule has 0 saturated carbocycles. The van der Waals surface area contributed by atoms with Crippen LogP contribution in [0.2, 0.25) is 5.02 Å². The molecule has 0 aliphatic carbocycles. The van der Waals surface area contributed by atoms with Crippen molar-refractivity contribution in [3.05, 3.63) is 64.8 Å². The third-order valence-electron chi connectivity index (χ3n) is 3.92. The van der Waals surface area contributed by atoms with Gasteiger partial charge in [-0.2, -0.15) is 4.98 Å². The van der Waals surface area contributed by atoms with Crippen LogP contribution in [0.15, 0.2) is 48.5 Å². The number of aryl methyl sites for hydroxylation is 2. The van der Waals surface area contributed by atoms with Crippen molar-refractivity contribution in [2.24, 2.45) is 0 Å². The number of aromatic nitrogens is 2. The molecule has 0 atom stereocenters. The predicted octanol–water partition coefficient (Wildman–Crippen LogP) is 5.50. The van der Waals surface area contributed by atoms with Crippen molar-refractivity contribution in [1.82, 2.24) is 9.97 Å². The first-order chi connectivity index (χ1) is 12.6. The van der Waals surface area contributed by atoms with E-state index in [1.54, 1.807) is 25.3 Å². The van der Waals surface area contributed by atoms with Gasteiger partial charge in [0.05, 0.1) is 12.8 Å². The molecule has 0 aliphatic heterocycles. The highest BCUT2D eigenvalue weighted by Gasteiger charge is 2.09. The number of ether oxygens (including phenoxy) is 1. The van der Waals surface area contributed by atoms with Crippen LogP contribution < -0.4 is 15.4 Å².